The van der Waals surface area contributed by atoms with Crippen LogP contribution >= 0.6 is 43.5 Å². The highest BCUT2D eigenvalue weighted by atomic mass is 79.9. The van der Waals surface area contributed by atoms with E-state index in [4.69, 9.17) is 21.1 Å². The maximum Gasteiger partial charge on any atom is 0.0819 e. The second-order valence-corrected chi connectivity index (χ2v) is 7.53. The van der Waals surface area contributed by atoms with E-state index in [1.54, 1.807) is 18.2 Å². The zero-order valence-corrected chi connectivity index (χ0v) is 16.7. The highest BCUT2D eigenvalue weighted by Crippen LogP contribution is 2.33. The molecule has 0 aliphatic carbocycles. The Labute approximate surface area is 154 Å². The first kappa shape index (κ1) is 20.4. The predicted octanol–water partition coefficient (Wildman–Crippen LogP) is 4.31. The van der Waals surface area contributed by atoms with Crippen LogP contribution in [0.15, 0.2) is 28.9 Å². The molecule has 0 spiro atoms. The standard InChI is InChI=1S/C16H23Br2ClO3/c1-11(21-2)5-3-7-13(18)15-10-14(19)16(22-15)9-12(20)6-4-8-17/h3,5-6,8,11-16,20H,7,9-10H2,1-2H3. The average Bonchev–Trinajstić information content (AvgIpc) is 2.86. The maximum atomic E-state index is 9.88. The summed E-state index contributed by atoms with van der Waals surface area (Å²) in [5.41, 5.74) is 2.80. The number of halogens is 3. The Morgan fingerprint density at radius 3 is 2.91 bits per heavy atom. The maximum absolute atomic E-state index is 9.88. The van der Waals surface area contributed by atoms with Crippen molar-refractivity contribution in [3.05, 3.63) is 28.9 Å². The molecule has 0 aromatic carbocycles. The van der Waals surface area contributed by atoms with Crippen molar-refractivity contribution < 1.29 is 14.6 Å². The number of hydrogen-bond donors (Lipinski definition) is 1. The van der Waals surface area contributed by atoms with Gasteiger partial charge in [-0.05, 0) is 25.8 Å². The van der Waals surface area contributed by atoms with Crippen molar-refractivity contribution in [3.63, 3.8) is 0 Å². The molecule has 1 N–H and O–H groups in total. The number of aliphatic hydroxyl groups excluding tert-OH is 1. The number of allylic oxidation sites excluding steroid dienone is 1. The van der Waals surface area contributed by atoms with Crippen LogP contribution in [0.5, 0.6) is 0 Å². The molecule has 0 saturated carbocycles. The van der Waals surface area contributed by atoms with Crippen LogP contribution in [0.4, 0.5) is 0 Å². The molecule has 1 aliphatic heterocycles. The van der Waals surface area contributed by atoms with Crippen LogP contribution < -0.4 is 0 Å². The Bertz CT molecular complexity index is 410. The van der Waals surface area contributed by atoms with Crippen LogP contribution in [0.2, 0.25) is 0 Å². The van der Waals surface area contributed by atoms with Gasteiger partial charge in [-0.25, -0.2) is 0 Å². The van der Waals surface area contributed by atoms with Crippen molar-refractivity contribution >= 4 is 43.5 Å². The van der Waals surface area contributed by atoms with Gasteiger partial charge in [0, 0.05) is 23.3 Å². The number of hydrogen-bond acceptors (Lipinski definition) is 3. The first-order valence-corrected chi connectivity index (χ1v) is 9.57. The Balaban J connectivity index is 2.45. The largest absolute Gasteiger partial charge is 0.388 e. The summed E-state index contributed by atoms with van der Waals surface area (Å²) in [5.74, 6) is 0. The first-order valence-electron chi connectivity index (χ1n) is 7.30. The van der Waals surface area contributed by atoms with Crippen LogP contribution in [0, 0.1) is 0 Å². The SMILES string of the molecule is COC(C)C=CCC(Br)C1CC(Cl)C(CC(O)C=C=CBr)O1. The van der Waals surface area contributed by atoms with Crippen LogP contribution in [0.3, 0.4) is 0 Å². The summed E-state index contributed by atoms with van der Waals surface area (Å²) in [4.78, 5) is 1.78. The molecule has 0 aromatic rings. The summed E-state index contributed by atoms with van der Waals surface area (Å²) in [5, 5.41) is 9.80. The van der Waals surface area contributed by atoms with Gasteiger partial charge < -0.3 is 14.6 Å². The third kappa shape index (κ3) is 7.31. The Hall–Kier alpha value is 0.390. The number of aliphatic hydroxyl groups is 1. The fourth-order valence-corrected chi connectivity index (χ4v) is 3.31. The first-order chi connectivity index (χ1) is 10.5. The van der Waals surface area contributed by atoms with E-state index in [2.05, 4.69) is 43.7 Å². The van der Waals surface area contributed by atoms with Gasteiger partial charge in [0.15, 0.2) is 0 Å². The molecule has 6 heteroatoms. The fraction of sp³-hybridized carbons (Fsp3) is 0.688. The lowest BCUT2D eigenvalue weighted by atomic mass is 10.1. The lowest BCUT2D eigenvalue weighted by Crippen LogP contribution is -2.24. The molecule has 0 radical (unpaired) electrons. The summed E-state index contributed by atoms with van der Waals surface area (Å²) in [6.45, 7) is 1.99. The van der Waals surface area contributed by atoms with Crippen molar-refractivity contribution in [2.24, 2.45) is 0 Å². The van der Waals surface area contributed by atoms with E-state index in [1.807, 2.05) is 13.0 Å². The van der Waals surface area contributed by atoms with Gasteiger partial charge in [0.05, 0.1) is 29.8 Å². The zero-order valence-electron chi connectivity index (χ0n) is 12.8. The number of ether oxygens (including phenoxy) is 2. The third-order valence-electron chi connectivity index (χ3n) is 3.58. The molecule has 126 valence electrons. The Morgan fingerprint density at radius 1 is 1.55 bits per heavy atom. The second kappa shape index (κ2) is 11.0. The number of alkyl halides is 2. The fourth-order valence-electron chi connectivity index (χ4n) is 2.26. The molecule has 6 unspecified atom stereocenters. The van der Waals surface area contributed by atoms with E-state index in [9.17, 15) is 5.11 Å². The van der Waals surface area contributed by atoms with Crippen molar-refractivity contribution in [2.75, 3.05) is 7.11 Å². The monoisotopic (exact) mass is 456 g/mol. The minimum absolute atomic E-state index is 0.0536. The molecule has 1 rings (SSSR count). The predicted molar refractivity (Wildman–Crippen MR) is 98.1 cm³/mol. The van der Waals surface area contributed by atoms with E-state index in [0.717, 1.165) is 12.8 Å². The van der Waals surface area contributed by atoms with Gasteiger partial charge in [-0.1, -0.05) is 44.0 Å². The summed E-state index contributed by atoms with van der Waals surface area (Å²) in [6.07, 6.45) is 7.24. The van der Waals surface area contributed by atoms with Gasteiger partial charge in [0.1, 0.15) is 0 Å². The summed E-state index contributed by atoms with van der Waals surface area (Å²) >= 11 is 13.1. The highest BCUT2D eigenvalue weighted by Gasteiger charge is 2.37. The molecular formula is C16H23Br2ClO3. The number of methoxy groups -OCH3 is 1. The highest BCUT2D eigenvalue weighted by molar-refractivity contribution is 9.11. The molecular weight excluding hydrogens is 435 g/mol. The molecule has 0 amide bonds. The van der Waals surface area contributed by atoms with E-state index in [0.29, 0.717) is 6.42 Å². The topological polar surface area (TPSA) is 38.7 Å². The Kier molecular flexibility index (Phi) is 10.2. The van der Waals surface area contributed by atoms with Crippen molar-refractivity contribution in [1.82, 2.24) is 0 Å². The Morgan fingerprint density at radius 2 is 2.27 bits per heavy atom. The van der Waals surface area contributed by atoms with E-state index >= 15 is 0 Å². The van der Waals surface area contributed by atoms with E-state index in [1.165, 1.54) is 0 Å². The van der Waals surface area contributed by atoms with Crippen LogP contribution in [-0.4, -0.2) is 46.8 Å². The minimum Gasteiger partial charge on any atom is -0.388 e. The van der Waals surface area contributed by atoms with Gasteiger partial charge in [0.2, 0.25) is 0 Å². The molecule has 1 aliphatic rings. The van der Waals surface area contributed by atoms with Crippen molar-refractivity contribution in [3.8, 4) is 0 Å². The van der Waals surface area contributed by atoms with Gasteiger partial charge in [-0.15, -0.1) is 17.3 Å². The quantitative estimate of drug-likeness (QED) is 0.335. The average molecular weight is 459 g/mol. The van der Waals surface area contributed by atoms with Gasteiger partial charge in [-0.3, -0.25) is 0 Å². The third-order valence-corrected chi connectivity index (χ3v) is 5.27. The van der Waals surface area contributed by atoms with Crippen molar-refractivity contribution in [2.45, 2.75) is 60.8 Å². The smallest absolute Gasteiger partial charge is 0.0819 e. The molecule has 0 bridgehead atoms. The van der Waals surface area contributed by atoms with E-state index < -0.39 is 6.10 Å². The minimum atomic E-state index is -0.602. The molecule has 3 nitrogen and oxygen atoms in total. The lowest BCUT2D eigenvalue weighted by molar-refractivity contribution is 0.0222. The molecule has 1 saturated heterocycles. The van der Waals surface area contributed by atoms with E-state index in [-0.39, 0.29) is 28.5 Å². The van der Waals surface area contributed by atoms with Crippen molar-refractivity contribution in [1.29, 1.82) is 0 Å². The molecule has 6 atom stereocenters. The van der Waals surface area contributed by atoms with Crippen LogP contribution in [-0.2, 0) is 9.47 Å². The molecule has 1 heterocycles. The summed E-state index contributed by atoms with van der Waals surface area (Å²) in [6, 6.07) is 0. The van der Waals surface area contributed by atoms with Crippen LogP contribution in [0.1, 0.15) is 26.2 Å². The van der Waals surface area contributed by atoms with Gasteiger partial charge >= 0.3 is 0 Å². The normalized spacial score (nSPS) is 29.1. The summed E-state index contributed by atoms with van der Waals surface area (Å²) in [7, 11) is 1.69. The molecule has 1 fully saturated rings. The summed E-state index contributed by atoms with van der Waals surface area (Å²) < 4.78 is 11.2. The van der Waals surface area contributed by atoms with Gasteiger partial charge in [-0.2, -0.15) is 0 Å². The lowest BCUT2D eigenvalue weighted by Gasteiger charge is -2.19. The zero-order chi connectivity index (χ0) is 16.5. The molecule has 0 aromatic heterocycles. The second-order valence-electron chi connectivity index (χ2n) is 5.33. The van der Waals surface area contributed by atoms with Crippen LogP contribution in [0.25, 0.3) is 0 Å². The number of rotatable bonds is 8. The molecule has 22 heavy (non-hydrogen) atoms. The van der Waals surface area contributed by atoms with Gasteiger partial charge in [0.25, 0.3) is 0 Å².